The minimum absolute atomic E-state index is 0.00342. The van der Waals surface area contributed by atoms with Crippen LogP contribution in [0.4, 0.5) is 14.5 Å². The highest BCUT2D eigenvalue weighted by Gasteiger charge is 2.27. The molecule has 12 heteroatoms. The first-order valence-electron chi connectivity index (χ1n) is 10.5. The lowest BCUT2D eigenvalue weighted by molar-refractivity contribution is 0.195. The van der Waals surface area contributed by atoms with Crippen LogP contribution in [0.5, 0.6) is 11.5 Å². The van der Waals surface area contributed by atoms with E-state index in [2.05, 4.69) is 25.4 Å². The minimum atomic E-state index is -1.11. The Labute approximate surface area is 198 Å². The molecule has 2 heterocycles. The van der Waals surface area contributed by atoms with Gasteiger partial charge >= 0.3 is 5.69 Å². The van der Waals surface area contributed by atoms with Crippen molar-refractivity contribution in [2.45, 2.75) is 13.0 Å². The molecule has 0 saturated heterocycles. The monoisotopic (exact) mass is 484 g/mol. The van der Waals surface area contributed by atoms with Crippen LogP contribution in [0, 0.1) is 18.6 Å². The van der Waals surface area contributed by atoms with Crippen molar-refractivity contribution >= 4 is 5.69 Å². The lowest BCUT2D eigenvalue weighted by atomic mass is 10.0. The summed E-state index contributed by atoms with van der Waals surface area (Å²) in [6, 6.07) is 7.63. The second-order valence-corrected chi connectivity index (χ2v) is 7.42. The molecule has 2 aromatic carbocycles. The summed E-state index contributed by atoms with van der Waals surface area (Å²) in [7, 11) is 1.40. The molecular formula is C23H22F2N6O4. The number of benzene rings is 2. The molecule has 2 aromatic heterocycles. The first kappa shape index (κ1) is 23.8. The molecular weight excluding hydrogens is 462 g/mol. The highest BCUT2D eigenvalue weighted by Crippen LogP contribution is 2.35. The van der Waals surface area contributed by atoms with E-state index in [4.69, 9.17) is 14.6 Å². The molecule has 0 bridgehead atoms. The first-order valence-corrected chi connectivity index (χ1v) is 10.5. The fourth-order valence-corrected chi connectivity index (χ4v) is 3.33. The number of methoxy groups -OCH3 is 1. The quantitative estimate of drug-likeness (QED) is 0.331. The van der Waals surface area contributed by atoms with E-state index in [1.165, 1.54) is 37.7 Å². The number of aromatic nitrogens is 5. The van der Waals surface area contributed by atoms with Crippen molar-refractivity contribution in [1.29, 1.82) is 0 Å². The van der Waals surface area contributed by atoms with E-state index in [1.54, 1.807) is 25.1 Å². The van der Waals surface area contributed by atoms with E-state index in [-0.39, 0.29) is 42.0 Å². The Morgan fingerprint density at radius 1 is 1.20 bits per heavy atom. The molecule has 0 radical (unpaired) electrons. The molecule has 35 heavy (non-hydrogen) atoms. The van der Waals surface area contributed by atoms with Gasteiger partial charge in [-0.25, -0.2) is 23.5 Å². The summed E-state index contributed by atoms with van der Waals surface area (Å²) in [5.41, 5.74) is 0.0732. The van der Waals surface area contributed by atoms with Crippen molar-refractivity contribution in [2.75, 3.05) is 25.6 Å². The van der Waals surface area contributed by atoms with E-state index in [0.717, 1.165) is 4.68 Å². The van der Waals surface area contributed by atoms with E-state index < -0.39 is 23.4 Å². The Bertz CT molecular complexity index is 1380. The largest absolute Gasteiger partial charge is 0.497 e. The van der Waals surface area contributed by atoms with Crippen LogP contribution in [-0.4, -0.2) is 50.2 Å². The molecule has 0 saturated carbocycles. The van der Waals surface area contributed by atoms with Gasteiger partial charge in [-0.15, -0.1) is 9.78 Å². The number of nitrogens with zero attached hydrogens (tertiary/aromatic N) is 4. The van der Waals surface area contributed by atoms with Crippen LogP contribution in [0.15, 0.2) is 53.6 Å². The normalized spacial score (nSPS) is 11.8. The number of anilines is 1. The van der Waals surface area contributed by atoms with Crippen molar-refractivity contribution < 1.29 is 23.4 Å². The van der Waals surface area contributed by atoms with Crippen LogP contribution in [0.25, 0.3) is 5.95 Å². The Kier molecular flexibility index (Phi) is 7.01. The van der Waals surface area contributed by atoms with Gasteiger partial charge in [0.05, 0.1) is 13.7 Å². The van der Waals surface area contributed by atoms with Crippen molar-refractivity contribution in [2.24, 2.45) is 0 Å². The summed E-state index contributed by atoms with van der Waals surface area (Å²) >= 11 is 0. The molecule has 4 aromatic rings. The number of aliphatic hydroxyl groups excluding tert-OH is 1. The van der Waals surface area contributed by atoms with Crippen molar-refractivity contribution in [3.05, 3.63) is 87.9 Å². The third-order valence-electron chi connectivity index (χ3n) is 5.07. The molecule has 182 valence electrons. The Balaban J connectivity index is 1.86. The van der Waals surface area contributed by atoms with Crippen LogP contribution in [0.1, 0.15) is 23.0 Å². The number of aromatic amines is 1. The highest BCUT2D eigenvalue weighted by atomic mass is 19.1. The number of nitrogens with one attached hydrogen (secondary N) is 2. The van der Waals surface area contributed by atoms with Crippen molar-refractivity contribution in [3.8, 4) is 17.4 Å². The molecule has 10 nitrogen and oxygen atoms in total. The van der Waals surface area contributed by atoms with Gasteiger partial charge in [0.15, 0.2) is 17.4 Å². The molecule has 0 unspecified atom stereocenters. The van der Waals surface area contributed by atoms with Crippen LogP contribution in [-0.2, 0) is 0 Å². The lowest BCUT2D eigenvalue weighted by Gasteiger charge is -2.21. The Hall–Kier alpha value is -4.32. The van der Waals surface area contributed by atoms with Gasteiger partial charge in [0.2, 0.25) is 0 Å². The molecule has 0 aliphatic carbocycles. The molecule has 3 N–H and O–H groups in total. The molecule has 0 amide bonds. The van der Waals surface area contributed by atoms with Gasteiger partial charge in [-0.05, 0) is 36.8 Å². The SMILES string of the molecule is COc1cc(OCCO)c(F)c([C@H](Nc2ccc(C)c(F)c2)c2nn(-c3ncccn3)c(=O)[nH]2)c1. The number of aryl methyl sites for hydroxylation is 1. The number of hydrogen-bond acceptors (Lipinski definition) is 8. The summed E-state index contributed by atoms with van der Waals surface area (Å²) in [4.78, 5) is 23.3. The first-order chi connectivity index (χ1) is 16.9. The predicted molar refractivity (Wildman–Crippen MR) is 122 cm³/mol. The second kappa shape index (κ2) is 10.3. The van der Waals surface area contributed by atoms with Crippen molar-refractivity contribution in [1.82, 2.24) is 24.7 Å². The summed E-state index contributed by atoms with van der Waals surface area (Å²) in [6.45, 7) is 1.13. The summed E-state index contributed by atoms with van der Waals surface area (Å²) < 4.78 is 41.4. The maximum absolute atomic E-state index is 15.6. The lowest BCUT2D eigenvalue weighted by Crippen LogP contribution is -2.18. The molecule has 0 aliphatic rings. The summed E-state index contributed by atoms with van der Waals surface area (Å²) in [5, 5.41) is 16.4. The number of rotatable bonds is 9. The summed E-state index contributed by atoms with van der Waals surface area (Å²) in [5.74, 6) is -1.16. The molecule has 0 spiro atoms. The smallest absolute Gasteiger partial charge is 0.350 e. The average molecular weight is 484 g/mol. The van der Waals surface area contributed by atoms with Crippen LogP contribution in [0.3, 0.4) is 0 Å². The van der Waals surface area contributed by atoms with Gasteiger partial charge < -0.3 is 19.9 Å². The van der Waals surface area contributed by atoms with Gasteiger partial charge in [0.1, 0.15) is 24.2 Å². The third kappa shape index (κ3) is 5.11. The predicted octanol–water partition coefficient (Wildman–Crippen LogP) is 2.52. The molecule has 0 aliphatic heterocycles. The molecule has 1 atom stereocenters. The van der Waals surface area contributed by atoms with Gasteiger partial charge in [-0.3, -0.25) is 4.98 Å². The van der Waals surface area contributed by atoms with E-state index in [9.17, 15) is 9.18 Å². The van der Waals surface area contributed by atoms with Gasteiger partial charge in [0, 0.05) is 29.7 Å². The zero-order chi connectivity index (χ0) is 24.9. The van der Waals surface area contributed by atoms with Crippen LogP contribution >= 0.6 is 0 Å². The Morgan fingerprint density at radius 2 is 1.97 bits per heavy atom. The maximum atomic E-state index is 15.6. The summed E-state index contributed by atoms with van der Waals surface area (Å²) in [6.07, 6.45) is 2.89. The van der Waals surface area contributed by atoms with Gasteiger partial charge in [-0.1, -0.05) is 6.07 Å². The number of H-pyrrole nitrogens is 1. The topological polar surface area (TPSA) is 127 Å². The fourth-order valence-electron chi connectivity index (χ4n) is 3.33. The zero-order valence-corrected chi connectivity index (χ0v) is 18.8. The number of aliphatic hydroxyl groups is 1. The van der Waals surface area contributed by atoms with Crippen molar-refractivity contribution in [3.63, 3.8) is 0 Å². The molecule has 0 fully saturated rings. The maximum Gasteiger partial charge on any atom is 0.350 e. The van der Waals surface area contributed by atoms with Crippen LogP contribution in [0.2, 0.25) is 0 Å². The van der Waals surface area contributed by atoms with E-state index >= 15 is 4.39 Å². The Morgan fingerprint density at radius 3 is 2.66 bits per heavy atom. The van der Waals surface area contributed by atoms with Gasteiger partial charge in [0.25, 0.3) is 5.95 Å². The van der Waals surface area contributed by atoms with Gasteiger partial charge in [-0.2, -0.15) is 0 Å². The number of ether oxygens (including phenoxy) is 2. The number of halogens is 2. The fraction of sp³-hybridized carbons (Fsp3) is 0.217. The average Bonchev–Trinajstić information content (AvgIpc) is 3.26. The highest BCUT2D eigenvalue weighted by molar-refractivity contribution is 5.51. The zero-order valence-electron chi connectivity index (χ0n) is 18.8. The molecule has 4 rings (SSSR count). The third-order valence-corrected chi connectivity index (χ3v) is 5.07. The number of hydrogen-bond donors (Lipinski definition) is 3. The second-order valence-electron chi connectivity index (χ2n) is 7.42. The standard InChI is InChI=1S/C23H22F2N6O4/c1-13-4-5-14(10-17(13)24)28-20(16-11-15(34-2)12-18(19(16)25)35-9-8-32)21-29-23(33)31(30-21)22-26-6-3-7-27-22/h3-7,10-12,20,28,32H,8-9H2,1-2H3,(H,29,30,33)/t20-/m0/s1. The van der Waals surface area contributed by atoms with Crippen LogP contribution < -0.4 is 20.5 Å². The van der Waals surface area contributed by atoms with E-state index in [0.29, 0.717) is 11.3 Å². The van der Waals surface area contributed by atoms with E-state index in [1.807, 2.05) is 0 Å². The minimum Gasteiger partial charge on any atom is -0.497 e.